The van der Waals surface area contributed by atoms with Crippen molar-refractivity contribution in [2.75, 3.05) is 0 Å². The standard InChI is InChI=1S/C20H14N4O2S/c21-10-12-3-1-2-4-13(12)16-5-6-17(26-16)14-9-18(25)22-11-15-19(14)24-7-8-27-20(24)23-15/h1-8,14H,9,11H2,(H,22,25). The molecule has 1 aromatic carbocycles. The van der Waals surface area contributed by atoms with E-state index in [2.05, 4.69) is 16.4 Å². The number of carbonyl (C=O) groups excluding carboxylic acids is 1. The lowest BCUT2D eigenvalue weighted by Crippen LogP contribution is -2.21. The van der Waals surface area contributed by atoms with E-state index in [-0.39, 0.29) is 11.8 Å². The van der Waals surface area contributed by atoms with Gasteiger partial charge in [0.25, 0.3) is 0 Å². The lowest BCUT2D eigenvalue weighted by atomic mass is 9.97. The fraction of sp³-hybridized carbons (Fsp3) is 0.150. The highest BCUT2D eigenvalue weighted by Gasteiger charge is 2.31. The Morgan fingerprint density at radius 2 is 2.19 bits per heavy atom. The summed E-state index contributed by atoms with van der Waals surface area (Å²) in [5, 5.41) is 14.2. The molecule has 0 saturated heterocycles. The molecule has 27 heavy (non-hydrogen) atoms. The normalized spacial score (nSPS) is 16.6. The van der Waals surface area contributed by atoms with Crippen molar-refractivity contribution in [3.8, 4) is 17.4 Å². The predicted octanol–water partition coefficient (Wildman–Crippen LogP) is 3.68. The molecule has 0 fully saturated rings. The Morgan fingerprint density at radius 1 is 1.30 bits per heavy atom. The quantitative estimate of drug-likeness (QED) is 0.580. The molecule has 0 radical (unpaired) electrons. The van der Waals surface area contributed by atoms with Gasteiger partial charge in [-0.15, -0.1) is 11.3 Å². The maximum atomic E-state index is 12.3. The number of imidazole rings is 1. The Hall–Kier alpha value is -3.37. The van der Waals surface area contributed by atoms with E-state index in [4.69, 9.17) is 4.42 Å². The van der Waals surface area contributed by atoms with Gasteiger partial charge in [-0.25, -0.2) is 4.98 Å². The summed E-state index contributed by atoms with van der Waals surface area (Å²) in [5.74, 6) is 1.07. The number of nitrogens with one attached hydrogen (secondary N) is 1. The lowest BCUT2D eigenvalue weighted by Gasteiger charge is -2.12. The zero-order valence-corrected chi connectivity index (χ0v) is 15.0. The van der Waals surface area contributed by atoms with Gasteiger partial charge in [0.15, 0.2) is 4.96 Å². The molecule has 1 atom stereocenters. The molecule has 6 nitrogen and oxygen atoms in total. The van der Waals surface area contributed by atoms with Crippen molar-refractivity contribution >= 4 is 22.2 Å². The van der Waals surface area contributed by atoms with E-state index in [1.54, 1.807) is 17.4 Å². The molecule has 1 aliphatic heterocycles. The average Bonchev–Trinajstić information content (AvgIpc) is 3.38. The summed E-state index contributed by atoms with van der Waals surface area (Å²) in [7, 11) is 0. The van der Waals surface area contributed by atoms with E-state index < -0.39 is 0 Å². The minimum Gasteiger partial charge on any atom is -0.460 e. The monoisotopic (exact) mass is 374 g/mol. The van der Waals surface area contributed by atoms with Crippen LogP contribution in [0, 0.1) is 11.3 Å². The van der Waals surface area contributed by atoms with Gasteiger partial charge < -0.3 is 9.73 Å². The summed E-state index contributed by atoms with van der Waals surface area (Å²) in [4.78, 5) is 17.8. The second kappa shape index (κ2) is 6.11. The van der Waals surface area contributed by atoms with Crippen molar-refractivity contribution in [2.45, 2.75) is 18.9 Å². The van der Waals surface area contributed by atoms with Crippen molar-refractivity contribution in [1.29, 1.82) is 5.26 Å². The average molecular weight is 374 g/mol. The fourth-order valence-corrected chi connectivity index (χ4v) is 4.34. The van der Waals surface area contributed by atoms with Crippen LogP contribution in [0.15, 0.2) is 52.4 Å². The molecule has 1 aliphatic rings. The van der Waals surface area contributed by atoms with Crippen LogP contribution in [0.1, 0.15) is 35.1 Å². The maximum absolute atomic E-state index is 12.3. The third kappa shape index (κ3) is 2.54. The van der Waals surface area contributed by atoms with Crippen molar-refractivity contribution in [2.24, 2.45) is 0 Å². The smallest absolute Gasteiger partial charge is 0.221 e. The number of hydrogen-bond donors (Lipinski definition) is 1. The first-order valence-electron chi connectivity index (χ1n) is 8.55. The van der Waals surface area contributed by atoms with Crippen LogP contribution >= 0.6 is 11.3 Å². The zero-order valence-electron chi connectivity index (χ0n) is 14.2. The number of nitriles is 1. The summed E-state index contributed by atoms with van der Waals surface area (Å²) >= 11 is 1.57. The van der Waals surface area contributed by atoms with E-state index in [1.807, 2.05) is 46.3 Å². The number of nitrogens with zero attached hydrogens (tertiary/aromatic N) is 3. The van der Waals surface area contributed by atoms with Crippen molar-refractivity contribution in [1.82, 2.24) is 14.7 Å². The van der Waals surface area contributed by atoms with Gasteiger partial charge in [0, 0.05) is 23.6 Å². The van der Waals surface area contributed by atoms with E-state index in [0.717, 1.165) is 21.9 Å². The molecule has 4 heterocycles. The first kappa shape index (κ1) is 15.9. The first-order valence-corrected chi connectivity index (χ1v) is 9.43. The summed E-state index contributed by atoms with van der Waals surface area (Å²) < 4.78 is 8.18. The largest absolute Gasteiger partial charge is 0.460 e. The Labute approximate surface area is 158 Å². The van der Waals surface area contributed by atoms with Crippen molar-refractivity contribution < 1.29 is 9.21 Å². The molecule has 0 bridgehead atoms. The Bertz CT molecular complexity index is 1210. The van der Waals surface area contributed by atoms with Crippen molar-refractivity contribution in [3.63, 3.8) is 0 Å². The molecule has 0 saturated carbocycles. The molecular weight excluding hydrogens is 360 g/mol. The van der Waals surface area contributed by atoms with Gasteiger partial charge >= 0.3 is 0 Å². The Morgan fingerprint density at radius 3 is 3.07 bits per heavy atom. The van der Waals surface area contributed by atoms with E-state index in [9.17, 15) is 10.1 Å². The summed E-state index contributed by atoms with van der Waals surface area (Å²) in [6.45, 7) is 0.421. The number of furan rings is 1. The fourth-order valence-electron chi connectivity index (χ4n) is 3.60. The first-order chi connectivity index (χ1) is 13.2. The van der Waals surface area contributed by atoms with Gasteiger partial charge in [0.1, 0.15) is 11.5 Å². The molecule has 1 unspecified atom stereocenters. The van der Waals surface area contributed by atoms with Gasteiger partial charge in [-0.05, 0) is 24.3 Å². The minimum absolute atomic E-state index is 0.0302. The van der Waals surface area contributed by atoms with Crippen LogP contribution in [0.2, 0.25) is 0 Å². The number of benzene rings is 1. The highest BCUT2D eigenvalue weighted by atomic mass is 32.1. The zero-order chi connectivity index (χ0) is 18.4. The van der Waals surface area contributed by atoms with Gasteiger partial charge in [-0.2, -0.15) is 5.26 Å². The van der Waals surface area contributed by atoms with Crippen LogP contribution in [0.3, 0.4) is 0 Å². The molecule has 4 aromatic rings. The summed E-state index contributed by atoms with van der Waals surface area (Å²) in [5.41, 5.74) is 3.16. The Balaban J connectivity index is 1.63. The molecule has 0 spiro atoms. The maximum Gasteiger partial charge on any atom is 0.221 e. The van der Waals surface area contributed by atoms with Crippen LogP contribution in [0.25, 0.3) is 16.3 Å². The van der Waals surface area contributed by atoms with Gasteiger partial charge in [0.2, 0.25) is 5.91 Å². The molecule has 7 heteroatoms. The van der Waals surface area contributed by atoms with Crippen LogP contribution < -0.4 is 5.32 Å². The second-order valence-electron chi connectivity index (χ2n) is 6.39. The molecule has 132 valence electrons. The number of carbonyl (C=O) groups is 1. The van der Waals surface area contributed by atoms with Gasteiger partial charge in [-0.3, -0.25) is 9.20 Å². The lowest BCUT2D eigenvalue weighted by molar-refractivity contribution is -0.121. The van der Waals surface area contributed by atoms with E-state index >= 15 is 0 Å². The number of hydrogen-bond acceptors (Lipinski definition) is 5. The molecule has 5 rings (SSSR count). The highest BCUT2D eigenvalue weighted by Crippen LogP contribution is 2.37. The third-order valence-electron chi connectivity index (χ3n) is 4.83. The predicted molar refractivity (Wildman–Crippen MR) is 100 cm³/mol. The molecule has 1 amide bonds. The number of thiazole rings is 1. The summed E-state index contributed by atoms with van der Waals surface area (Å²) in [6, 6.07) is 13.3. The van der Waals surface area contributed by atoms with Gasteiger partial charge in [0.05, 0.1) is 35.5 Å². The van der Waals surface area contributed by atoms with E-state index in [0.29, 0.717) is 30.0 Å². The summed E-state index contributed by atoms with van der Waals surface area (Å²) in [6.07, 6.45) is 2.27. The van der Waals surface area contributed by atoms with Crippen LogP contribution in [0.4, 0.5) is 0 Å². The number of amides is 1. The Kier molecular flexibility index (Phi) is 3.59. The molecular formula is C20H14N4O2S. The molecule has 3 aromatic heterocycles. The van der Waals surface area contributed by atoms with Crippen LogP contribution in [0.5, 0.6) is 0 Å². The third-order valence-corrected chi connectivity index (χ3v) is 5.59. The highest BCUT2D eigenvalue weighted by molar-refractivity contribution is 7.15. The van der Waals surface area contributed by atoms with Crippen LogP contribution in [-0.2, 0) is 11.3 Å². The minimum atomic E-state index is -0.227. The van der Waals surface area contributed by atoms with E-state index in [1.165, 1.54) is 0 Å². The van der Waals surface area contributed by atoms with Crippen molar-refractivity contribution in [3.05, 3.63) is 70.7 Å². The van der Waals surface area contributed by atoms with Crippen LogP contribution in [-0.4, -0.2) is 15.3 Å². The number of aromatic nitrogens is 2. The molecule has 1 N–H and O–H groups in total. The number of rotatable bonds is 2. The second-order valence-corrected chi connectivity index (χ2v) is 7.27. The SMILES string of the molecule is N#Cc1ccccc1-c1ccc(C2CC(=O)NCc3nc4sccn4c32)o1. The van der Waals surface area contributed by atoms with Gasteiger partial charge in [-0.1, -0.05) is 12.1 Å². The molecule has 0 aliphatic carbocycles. The topological polar surface area (TPSA) is 83.3 Å². The number of fused-ring (bicyclic) bond motifs is 3.